The fraction of sp³-hybridized carbons (Fsp3) is 0.375. The maximum atomic E-state index is 3.46. The van der Waals surface area contributed by atoms with Crippen LogP contribution in [0.3, 0.4) is 0 Å². The number of rotatable bonds is 2. The van der Waals surface area contributed by atoms with E-state index in [0.717, 1.165) is 0 Å². The van der Waals surface area contributed by atoms with E-state index in [2.05, 4.69) is 70.1 Å². The Balaban J connectivity index is 0.00000180. The van der Waals surface area contributed by atoms with Crippen LogP contribution >= 0.6 is 0 Å². The quantitative estimate of drug-likeness (QED) is 0.587. The molecule has 1 heterocycles. The van der Waals surface area contributed by atoms with Gasteiger partial charge in [0.05, 0.1) is 0 Å². The standard InChI is InChI=1S/C8H12N.C8H9.2ClH.Ti/c1-8(2,3)7-4-5-9-6-7;1-7(2)8-5-3-4-6-8;;;/h4-5,9H,1-3H3;3-5H,1-2H3;2*1H;/q;;;;+2/p-2. The largest absolute Gasteiger partial charge is 1.00 e. The van der Waals surface area contributed by atoms with Crippen LogP contribution < -0.4 is 28.8 Å². The van der Waals surface area contributed by atoms with Gasteiger partial charge in [0, 0.05) is 0 Å². The summed E-state index contributed by atoms with van der Waals surface area (Å²) < 4.78 is 3.01. The molecule has 2 rings (SSSR count). The van der Waals surface area contributed by atoms with Crippen LogP contribution in [0, 0.1) is 0 Å². The molecule has 1 nitrogen and oxygen atoms in total. The summed E-state index contributed by atoms with van der Waals surface area (Å²) in [5.41, 5.74) is 4.58. The van der Waals surface area contributed by atoms with Gasteiger partial charge < -0.3 is 24.8 Å². The number of halogens is 2. The van der Waals surface area contributed by atoms with E-state index in [1.54, 1.807) is 3.88 Å². The van der Waals surface area contributed by atoms with Crippen LogP contribution in [-0.4, -0.2) is 4.98 Å². The monoisotopic (exact) mass is 345 g/mol. The van der Waals surface area contributed by atoms with Crippen LogP contribution in [0.15, 0.2) is 45.5 Å². The van der Waals surface area contributed by atoms with Crippen LogP contribution in [0.25, 0.3) is 0 Å². The number of hydrogen-bond acceptors (Lipinski definition) is 0. The Morgan fingerprint density at radius 3 is 2.35 bits per heavy atom. The molecule has 0 saturated carbocycles. The van der Waals surface area contributed by atoms with Crippen molar-refractivity contribution in [3.8, 4) is 0 Å². The zero-order valence-electron chi connectivity index (χ0n) is 12.6. The average molecular weight is 346 g/mol. The topological polar surface area (TPSA) is 15.8 Å². The van der Waals surface area contributed by atoms with Gasteiger partial charge in [-0.2, -0.15) is 0 Å². The normalized spacial score (nSPS) is 13.2. The van der Waals surface area contributed by atoms with E-state index in [9.17, 15) is 0 Å². The van der Waals surface area contributed by atoms with E-state index in [-0.39, 0.29) is 49.4 Å². The first-order valence-electron chi connectivity index (χ1n) is 6.40. The van der Waals surface area contributed by atoms with Crippen LogP contribution in [0.5, 0.6) is 0 Å². The maximum absolute atomic E-state index is 3.46. The molecular weight excluding hydrogens is 325 g/mol. The van der Waals surface area contributed by atoms with Gasteiger partial charge >= 0.3 is 119 Å². The van der Waals surface area contributed by atoms with E-state index in [1.807, 2.05) is 0 Å². The molecular formula is C16H21Cl2NTi. The van der Waals surface area contributed by atoms with Gasteiger partial charge in [-0.05, 0) is 0 Å². The Morgan fingerprint density at radius 2 is 1.80 bits per heavy atom. The molecule has 0 radical (unpaired) electrons. The summed E-state index contributed by atoms with van der Waals surface area (Å²) in [4.78, 5) is 3.46. The molecule has 1 aromatic rings. The first-order valence-corrected chi connectivity index (χ1v) is 7.97. The molecule has 0 unspecified atom stereocenters. The Morgan fingerprint density at radius 1 is 1.15 bits per heavy atom. The van der Waals surface area contributed by atoms with Gasteiger partial charge in [-0.3, -0.25) is 0 Å². The second-order valence-electron chi connectivity index (χ2n) is 5.99. The third-order valence-electron chi connectivity index (χ3n) is 3.17. The summed E-state index contributed by atoms with van der Waals surface area (Å²) in [6.07, 6.45) is 8.80. The minimum absolute atomic E-state index is 0. The Labute approximate surface area is 143 Å². The van der Waals surface area contributed by atoms with Crippen molar-refractivity contribution < 1.29 is 44.0 Å². The van der Waals surface area contributed by atoms with Gasteiger partial charge in [0.25, 0.3) is 0 Å². The van der Waals surface area contributed by atoms with E-state index in [4.69, 9.17) is 0 Å². The molecule has 0 aliphatic heterocycles. The smallest absolute Gasteiger partial charge is 1.00 e. The fourth-order valence-electron chi connectivity index (χ4n) is 2.20. The number of hydrogen-bond donors (Lipinski definition) is 1. The number of nitrogens with one attached hydrogen (secondary N) is 1. The van der Waals surface area contributed by atoms with Crippen LogP contribution in [0.2, 0.25) is 0 Å². The maximum Gasteiger partial charge on any atom is -1.00 e. The Kier molecular flexibility index (Phi) is 7.62. The van der Waals surface area contributed by atoms with Crippen molar-refractivity contribution in [1.29, 1.82) is 0 Å². The van der Waals surface area contributed by atoms with Gasteiger partial charge in [-0.25, -0.2) is 0 Å². The third-order valence-corrected chi connectivity index (χ3v) is 5.31. The van der Waals surface area contributed by atoms with E-state index in [1.165, 1.54) is 20.7 Å². The van der Waals surface area contributed by atoms with Crippen molar-refractivity contribution in [2.45, 2.75) is 40.0 Å². The van der Waals surface area contributed by atoms with Crippen molar-refractivity contribution in [2.24, 2.45) is 0 Å². The van der Waals surface area contributed by atoms with Gasteiger partial charge in [0.15, 0.2) is 0 Å². The molecule has 0 atom stereocenters. The molecule has 0 bridgehead atoms. The molecule has 20 heavy (non-hydrogen) atoms. The molecule has 0 spiro atoms. The second-order valence-corrected chi connectivity index (χ2v) is 8.01. The second kappa shape index (κ2) is 7.70. The molecule has 1 aliphatic rings. The van der Waals surface area contributed by atoms with E-state index >= 15 is 0 Å². The molecule has 0 amide bonds. The predicted molar refractivity (Wildman–Crippen MR) is 74.7 cm³/mol. The summed E-state index contributed by atoms with van der Waals surface area (Å²) in [5, 5.41) is 0. The van der Waals surface area contributed by atoms with Crippen molar-refractivity contribution in [1.82, 2.24) is 4.98 Å². The molecule has 1 aliphatic carbocycles. The molecule has 4 heteroatoms. The van der Waals surface area contributed by atoms with Gasteiger partial charge in [-0.15, -0.1) is 0 Å². The Bertz CT molecular complexity index is 541. The zero-order chi connectivity index (χ0) is 13.3. The first-order chi connectivity index (χ1) is 8.39. The summed E-state index contributed by atoms with van der Waals surface area (Å²) in [6, 6.07) is 2.24. The predicted octanol–water partition coefficient (Wildman–Crippen LogP) is -2.18. The van der Waals surface area contributed by atoms with Gasteiger partial charge in [-0.1, -0.05) is 0 Å². The SMILES string of the molecule is CC(C)=C1C=CC=[C]1[Ti+2][c]1[nH]ccc1C(C)(C)C.[Cl-].[Cl-]. The van der Waals surface area contributed by atoms with Crippen molar-refractivity contribution in [2.75, 3.05) is 0 Å². The summed E-state index contributed by atoms with van der Waals surface area (Å²) >= 11 is -0.267. The number of allylic oxidation sites excluding steroid dienone is 6. The number of aromatic nitrogens is 1. The first kappa shape index (κ1) is 19.8. The van der Waals surface area contributed by atoms with Gasteiger partial charge in [0.1, 0.15) is 0 Å². The van der Waals surface area contributed by atoms with Crippen molar-refractivity contribution >= 4 is 4.00 Å². The average Bonchev–Trinajstić information content (AvgIpc) is 2.85. The van der Waals surface area contributed by atoms with Crippen LogP contribution in [0.4, 0.5) is 0 Å². The van der Waals surface area contributed by atoms with E-state index < -0.39 is 0 Å². The minimum atomic E-state index is -0.267. The minimum Gasteiger partial charge on any atom is -1.00 e. The molecule has 108 valence electrons. The zero-order valence-corrected chi connectivity index (χ0v) is 15.7. The molecule has 0 saturated heterocycles. The Hall–Kier alpha value is -0.206. The summed E-state index contributed by atoms with van der Waals surface area (Å²) in [5.74, 6) is 0. The summed E-state index contributed by atoms with van der Waals surface area (Å²) in [6.45, 7) is 11.3. The van der Waals surface area contributed by atoms with Crippen LogP contribution in [0.1, 0.15) is 40.2 Å². The third kappa shape index (κ3) is 4.39. The fourth-order valence-corrected chi connectivity index (χ4v) is 4.80. The van der Waals surface area contributed by atoms with Crippen LogP contribution in [-0.2, 0) is 24.6 Å². The summed E-state index contributed by atoms with van der Waals surface area (Å²) in [7, 11) is 0. The molecule has 1 aromatic heterocycles. The number of aromatic amines is 1. The number of H-pyrrole nitrogens is 1. The van der Waals surface area contributed by atoms with Crippen molar-refractivity contribution in [3.05, 3.63) is 51.1 Å². The van der Waals surface area contributed by atoms with Crippen molar-refractivity contribution in [3.63, 3.8) is 0 Å². The molecule has 1 N–H and O–H groups in total. The van der Waals surface area contributed by atoms with E-state index in [0.29, 0.717) is 0 Å². The van der Waals surface area contributed by atoms with Gasteiger partial charge in [0.2, 0.25) is 0 Å². The molecule has 0 fully saturated rings. The molecule has 0 aromatic carbocycles.